The molecule has 57 valence electrons. The fourth-order valence-corrected chi connectivity index (χ4v) is 0.898. The Morgan fingerprint density at radius 3 is 1.50 bits per heavy atom. The van der Waals surface area contributed by atoms with Crippen molar-refractivity contribution in [3.05, 3.63) is 6.42 Å². The van der Waals surface area contributed by atoms with Gasteiger partial charge in [0, 0.05) is 46.9 Å². The summed E-state index contributed by atoms with van der Waals surface area (Å²) >= 11 is 0. The first-order valence-electron chi connectivity index (χ1n) is 2.82. The van der Waals surface area contributed by atoms with E-state index in [-0.39, 0.29) is 70.9 Å². The van der Waals surface area contributed by atoms with Crippen molar-refractivity contribution >= 4 is 0 Å². The Bertz CT molecular complexity index is 24.0. The van der Waals surface area contributed by atoms with E-state index in [4.69, 9.17) is 0 Å². The molecular weight excluding hydrogens is 372 g/mol. The molecule has 0 aliphatic heterocycles. The molecule has 0 saturated heterocycles. The zero-order valence-corrected chi connectivity index (χ0v) is 8.63. The third-order valence-corrected chi connectivity index (χ3v) is 1.32. The minimum atomic E-state index is 0. The van der Waals surface area contributed by atoms with Gasteiger partial charge in [-0.3, -0.25) is 0 Å². The maximum Gasteiger partial charge on any atom is 0 e. The van der Waals surface area contributed by atoms with Crippen LogP contribution < -0.4 is 24.0 Å². The summed E-state index contributed by atoms with van der Waals surface area (Å²) in [6.45, 7) is 0. The summed E-state index contributed by atoms with van der Waals surface area (Å²) in [6, 6.07) is 0. The minimum absolute atomic E-state index is 0. The van der Waals surface area contributed by atoms with Gasteiger partial charge in [0.05, 0.1) is 0 Å². The van der Waals surface area contributed by atoms with E-state index in [1.165, 1.54) is 32.1 Å². The Hall–Kier alpha value is 2.25. The molecule has 0 N–H and O–H groups in total. The molecule has 0 bridgehead atoms. The van der Waals surface area contributed by atoms with Gasteiger partial charge >= 0.3 is 0 Å². The number of rotatable bonds is 0. The average molecular weight is 383 g/mol. The van der Waals surface area contributed by atoms with Crippen LogP contribution in [0.4, 0.5) is 0 Å². The van der Waals surface area contributed by atoms with Gasteiger partial charge in [0.1, 0.15) is 0 Å². The molecule has 0 heterocycles. The first-order valence-corrected chi connectivity index (χ1v) is 2.82. The van der Waals surface area contributed by atoms with E-state index in [0.717, 1.165) is 0 Å². The number of hydrogen-bond donors (Lipinski definition) is 0. The van der Waals surface area contributed by atoms with Crippen LogP contribution in [0.1, 0.15) is 32.1 Å². The van der Waals surface area contributed by atoms with Gasteiger partial charge in [0.25, 0.3) is 0 Å². The smallest absolute Gasteiger partial charge is 0 e. The molecule has 0 aromatic carbocycles. The summed E-state index contributed by atoms with van der Waals surface area (Å²) in [5.74, 6) is 0. The van der Waals surface area contributed by atoms with Gasteiger partial charge in [-0.2, -0.15) is 0 Å². The van der Waals surface area contributed by atoms with Crippen molar-refractivity contribution in [2.75, 3.05) is 0 Å². The van der Waals surface area contributed by atoms with E-state index in [0.29, 0.717) is 0 Å². The molecule has 0 aromatic heterocycles. The van der Waals surface area contributed by atoms with Crippen molar-refractivity contribution < 1.29 is 70.9 Å². The molecule has 0 spiro atoms. The van der Waals surface area contributed by atoms with Gasteiger partial charge in [-0.15, -0.1) is 0 Å². The quantitative estimate of drug-likeness (QED) is 0.479. The van der Waals surface area contributed by atoms with Crippen LogP contribution in [0, 0.1) is 53.3 Å². The van der Waals surface area contributed by atoms with Gasteiger partial charge in [-0.25, -0.2) is 0 Å². The summed E-state index contributed by atoms with van der Waals surface area (Å²) in [5, 5.41) is 0. The second-order valence-electron chi connectivity index (χ2n) is 1.93. The molecule has 1 aliphatic rings. The Balaban J connectivity index is 0. The number of halogens is 1. The van der Waals surface area contributed by atoms with E-state index >= 15 is 0 Å². The van der Waals surface area contributed by atoms with Crippen LogP contribution in [-0.2, 0) is 0 Å². The minimum Gasteiger partial charge on any atom is -1.00 e. The van der Waals surface area contributed by atoms with E-state index in [1.54, 1.807) is 0 Å². The predicted molar refractivity (Wildman–Crippen MR) is 27.4 cm³/mol. The molecule has 0 amide bonds. The summed E-state index contributed by atoms with van der Waals surface area (Å²) in [6.07, 6.45) is 9.50. The summed E-state index contributed by atoms with van der Waals surface area (Å²) in [5.41, 5.74) is 0. The largest absolute Gasteiger partial charge is 1.00 e. The number of hydrogen-bond acceptors (Lipinski definition) is 0. The van der Waals surface area contributed by atoms with Crippen molar-refractivity contribution in [3.8, 4) is 0 Å². The zero-order valence-electron chi connectivity index (χ0n) is 4.76. The molecule has 2 heteroatoms. The Kier molecular flexibility index (Phi) is 14.9. The van der Waals surface area contributed by atoms with E-state index in [2.05, 4.69) is 6.42 Å². The van der Waals surface area contributed by atoms with Crippen LogP contribution in [0.5, 0.6) is 0 Å². The zero-order chi connectivity index (χ0) is 4.24. The Labute approximate surface area is 107 Å². The first kappa shape index (κ1) is 12.9. The molecule has 0 atom stereocenters. The van der Waals surface area contributed by atoms with Crippen molar-refractivity contribution in [2.24, 2.45) is 0 Å². The average Bonchev–Trinajstić information content (AvgIpc) is 1.72. The van der Waals surface area contributed by atoms with Gasteiger partial charge in [0.15, 0.2) is 0 Å². The maximum atomic E-state index is 2.39. The molecule has 8 heavy (non-hydrogen) atoms. The van der Waals surface area contributed by atoms with E-state index in [9.17, 15) is 0 Å². The summed E-state index contributed by atoms with van der Waals surface area (Å²) in [7, 11) is 0. The van der Waals surface area contributed by atoms with Gasteiger partial charge in [-0.05, 0) is 6.42 Å². The third-order valence-electron chi connectivity index (χ3n) is 1.32. The van der Waals surface area contributed by atoms with E-state index < -0.39 is 0 Å². The second-order valence-corrected chi connectivity index (χ2v) is 1.93. The topological polar surface area (TPSA) is 0 Å². The van der Waals surface area contributed by atoms with Crippen molar-refractivity contribution in [1.29, 1.82) is 0 Å². The van der Waals surface area contributed by atoms with Crippen molar-refractivity contribution in [3.63, 3.8) is 0 Å². The Morgan fingerprint density at radius 1 is 0.875 bits per heavy atom. The fraction of sp³-hybridized carbons (Fsp3) is 0.833. The normalized spacial score (nSPS) is 18.0. The molecule has 1 fully saturated rings. The monoisotopic (exact) mass is 384 g/mol. The van der Waals surface area contributed by atoms with Crippen LogP contribution in [-0.4, -0.2) is 0 Å². The van der Waals surface area contributed by atoms with Crippen molar-refractivity contribution in [2.45, 2.75) is 32.1 Å². The predicted octanol–water partition coefficient (Wildman–Crippen LogP) is -0.841. The molecule has 0 nitrogen and oxygen atoms in total. The molecule has 1 radical (unpaired) electrons. The first-order chi connectivity index (χ1) is 3.00. The fourth-order valence-electron chi connectivity index (χ4n) is 0.898. The van der Waals surface area contributed by atoms with Gasteiger partial charge in [0.2, 0.25) is 0 Å². The molecule has 0 aromatic rings. The molecule has 0 unspecified atom stereocenters. The third kappa shape index (κ3) is 6.37. The standard InChI is InChI=1S/C6H11.HI.Yb/c1-2-4-6-5-3-1;;/h1H,2-6H2;1H;/p-1. The summed E-state index contributed by atoms with van der Waals surface area (Å²) < 4.78 is 0. The Morgan fingerprint density at radius 2 is 1.38 bits per heavy atom. The van der Waals surface area contributed by atoms with Crippen molar-refractivity contribution in [1.82, 2.24) is 0 Å². The summed E-state index contributed by atoms with van der Waals surface area (Å²) in [4.78, 5) is 0. The van der Waals surface area contributed by atoms with Crippen LogP contribution in [0.2, 0.25) is 0 Å². The van der Waals surface area contributed by atoms with Crippen LogP contribution >= 0.6 is 0 Å². The van der Waals surface area contributed by atoms with Crippen LogP contribution in [0.15, 0.2) is 0 Å². The SMILES string of the molecule is [CH]1CCCCC1.[I-].[Yb]. The molecule has 1 rings (SSSR count). The maximum absolute atomic E-state index is 2.39. The molecule has 1 saturated carbocycles. The molecular formula is C6H11IYb-. The second kappa shape index (κ2) is 9.25. The molecule has 1 aliphatic carbocycles. The van der Waals surface area contributed by atoms with Gasteiger partial charge in [-0.1, -0.05) is 32.1 Å². The van der Waals surface area contributed by atoms with E-state index in [1.807, 2.05) is 0 Å². The van der Waals surface area contributed by atoms with Crippen LogP contribution in [0.3, 0.4) is 0 Å². The van der Waals surface area contributed by atoms with Crippen LogP contribution in [0.25, 0.3) is 0 Å². The van der Waals surface area contributed by atoms with Gasteiger partial charge < -0.3 is 24.0 Å².